The number of likely N-dealkylation sites (N-methyl/N-ethyl adjacent to an activating group) is 1. The van der Waals surface area contributed by atoms with Crippen LogP contribution >= 0.6 is 35.3 Å². The highest BCUT2D eigenvalue weighted by Gasteiger charge is 2.06. The van der Waals surface area contributed by atoms with Crippen molar-refractivity contribution in [2.45, 2.75) is 26.9 Å². The van der Waals surface area contributed by atoms with E-state index in [-0.39, 0.29) is 24.0 Å². The smallest absolute Gasteiger partial charge is 0.191 e. The zero-order valence-corrected chi connectivity index (χ0v) is 18.5. The van der Waals surface area contributed by atoms with Crippen molar-refractivity contribution in [3.63, 3.8) is 0 Å². The summed E-state index contributed by atoms with van der Waals surface area (Å²) in [5.74, 6) is 0.827. The number of hydrogen-bond acceptors (Lipinski definition) is 4. The molecule has 0 aliphatic heterocycles. The lowest BCUT2D eigenvalue weighted by Crippen LogP contribution is -2.40. The monoisotopic (exact) mass is 473 g/mol. The highest BCUT2D eigenvalue weighted by molar-refractivity contribution is 14.0. The fourth-order valence-electron chi connectivity index (χ4n) is 2.46. The number of aliphatic imine (C=N–C) groups is 1. The molecule has 0 fully saturated rings. The zero-order valence-electron chi connectivity index (χ0n) is 15.4. The van der Waals surface area contributed by atoms with E-state index in [1.807, 2.05) is 13.0 Å². The number of rotatable bonds is 7. The van der Waals surface area contributed by atoms with Crippen LogP contribution in [-0.4, -0.2) is 43.0 Å². The van der Waals surface area contributed by atoms with Crippen molar-refractivity contribution in [1.82, 2.24) is 20.5 Å². The quantitative estimate of drug-likeness (QED) is 0.369. The molecular formula is C18H28IN5S. The van der Waals surface area contributed by atoms with Gasteiger partial charge in [-0.3, -0.25) is 4.99 Å². The first-order valence-corrected chi connectivity index (χ1v) is 9.00. The second-order valence-corrected chi connectivity index (χ2v) is 7.11. The van der Waals surface area contributed by atoms with Crippen LogP contribution in [0, 0.1) is 13.8 Å². The molecule has 2 rings (SSSR count). The minimum absolute atomic E-state index is 0. The van der Waals surface area contributed by atoms with Gasteiger partial charge in [0.25, 0.3) is 0 Å². The van der Waals surface area contributed by atoms with Crippen LogP contribution in [0.5, 0.6) is 0 Å². The summed E-state index contributed by atoms with van der Waals surface area (Å²) in [6.45, 7) is 7.61. The molecule has 0 aliphatic rings. The fourth-order valence-corrected chi connectivity index (χ4v) is 3.34. The van der Waals surface area contributed by atoms with E-state index in [0.29, 0.717) is 0 Å². The molecule has 2 N–H and O–H groups in total. The maximum absolute atomic E-state index is 4.45. The Kier molecular flexibility index (Phi) is 9.99. The zero-order chi connectivity index (χ0) is 17.4. The molecule has 0 bridgehead atoms. The van der Waals surface area contributed by atoms with Crippen molar-refractivity contribution in [2.24, 2.45) is 4.99 Å². The van der Waals surface area contributed by atoms with Gasteiger partial charge in [-0.05, 0) is 26.5 Å². The van der Waals surface area contributed by atoms with Gasteiger partial charge in [0.1, 0.15) is 0 Å². The van der Waals surface area contributed by atoms with E-state index in [2.05, 4.69) is 63.7 Å². The number of aromatic nitrogens is 1. The first-order valence-electron chi connectivity index (χ1n) is 8.18. The Bertz CT molecular complexity index is 657. The van der Waals surface area contributed by atoms with E-state index in [9.17, 15) is 0 Å². The molecule has 0 spiro atoms. The van der Waals surface area contributed by atoms with Gasteiger partial charge in [0.05, 0.1) is 17.2 Å². The summed E-state index contributed by atoms with van der Waals surface area (Å²) in [4.78, 5) is 12.3. The molecule has 0 aliphatic carbocycles. The molecule has 1 heterocycles. The van der Waals surface area contributed by atoms with Crippen LogP contribution < -0.4 is 10.6 Å². The van der Waals surface area contributed by atoms with Gasteiger partial charge < -0.3 is 15.5 Å². The number of guanidine groups is 1. The Labute approximate surface area is 172 Å². The van der Waals surface area contributed by atoms with E-state index >= 15 is 0 Å². The third kappa shape index (κ3) is 7.70. The molecule has 0 saturated carbocycles. The first kappa shape index (κ1) is 21.9. The largest absolute Gasteiger partial charge is 0.355 e. The fraction of sp³-hybridized carbons (Fsp3) is 0.444. The van der Waals surface area contributed by atoms with Crippen molar-refractivity contribution < 1.29 is 0 Å². The molecule has 0 radical (unpaired) electrons. The van der Waals surface area contributed by atoms with Crippen LogP contribution in [0.15, 0.2) is 35.3 Å². The number of aryl methyl sites for hydroxylation is 2. The summed E-state index contributed by atoms with van der Waals surface area (Å²) in [6.07, 6.45) is 0. The van der Waals surface area contributed by atoms with Gasteiger partial charge in [0.2, 0.25) is 0 Å². The second-order valence-electron chi connectivity index (χ2n) is 5.82. The lowest BCUT2D eigenvalue weighted by atomic mass is 10.2. The number of hydrogen-bond donors (Lipinski definition) is 2. The number of nitrogens with one attached hydrogen (secondary N) is 2. The average molecular weight is 473 g/mol. The molecule has 0 unspecified atom stereocenters. The van der Waals surface area contributed by atoms with Crippen LogP contribution in [0.1, 0.15) is 21.1 Å². The van der Waals surface area contributed by atoms with E-state index in [1.54, 1.807) is 18.4 Å². The van der Waals surface area contributed by atoms with Gasteiger partial charge in [-0.2, -0.15) is 0 Å². The van der Waals surface area contributed by atoms with E-state index in [1.165, 1.54) is 10.4 Å². The van der Waals surface area contributed by atoms with Gasteiger partial charge in [0.15, 0.2) is 5.96 Å². The van der Waals surface area contributed by atoms with Crippen molar-refractivity contribution in [1.29, 1.82) is 0 Å². The summed E-state index contributed by atoms with van der Waals surface area (Å²) in [7, 11) is 3.93. The van der Waals surface area contributed by atoms with Crippen LogP contribution in [0.3, 0.4) is 0 Å². The number of benzene rings is 1. The molecular weight excluding hydrogens is 445 g/mol. The van der Waals surface area contributed by atoms with E-state index < -0.39 is 0 Å². The van der Waals surface area contributed by atoms with Gasteiger partial charge >= 0.3 is 0 Å². The van der Waals surface area contributed by atoms with Gasteiger partial charge in [0, 0.05) is 31.6 Å². The van der Waals surface area contributed by atoms with Crippen molar-refractivity contribution in [2.75, 3.05) is 27.2 Å². The molecule has 0 saturated heterocycles. The Morgan fingerprint density at radius 2 is 1.92 bits per heavy atom. The maximum atomic E-state index is 4.45. The Morgan fingerprint density at radius 1 is 1.20 bits per heavy atom. The predicted molar refractivity (Wildman–Crippen MR) is 118 cm³/mol. The minimum Gasteiger partial charge on any atom is -0.355 e. The van der Waals surface area contributed by atoms with Crippen LogP contribution in [0.4, 0.5) is 0 Å². The molecule has 138 valence electrons. The minimum atomic E-state index is 0. The Balaban J connectivity index is 0.00000312. The van der Waals surface area contributed by atoms with Crippen molar-refractivity contribution in [3.8, 4) is 0 Å². The molecule has 5 nitrogen and oxygen atoms in total. The molecule has 0 amide bonds. The highest BCUT2D eigenvalue weighted by atomic mass is 127. The first-order chi connectivity index (χ1) is 11.6. The summed E-state index contributed by atoms with van der Waals surface area (Å²) < 4.78 is 0. The maximum Gasteiger partial charge on any atom is 0.191 e. The lowest BCUT2D eigenvalue weighted by molar-refractivity contribution is 0.331. The number of thiazole rings is 1. The van der Waals surface area contributed by atoms with Gasteiger partial charge in [-0.25, -0.2) is 4.98 Å². The standard InChI is InChI=1S/C18H27N5S.HI/c1-14-17(24-15(2)22-14)12-21-18(19-3)20-10-11-23(4)13-16-8-6-5-7-9-16;/h5-9H,10-13H2,1-4H3,(H2,19,20,21);1H. The van der Waals surface area contributed by atoms with Crippen LogP contribution in [-0.2, 0) is 13.1 Å². The third-order valence-electron chi connectivity index (χ3n) is 3.72. The molecule has 0 atom stereocenters. The normalized spacial score (nSPS) is 11.3. The summed E-state index contributed by atoms with van der Waals surface area (Å²) in [6, 6.07) is 10.5. The molecule has 7 heteroatoms. The molecule has 1 aromatic heterocycles. The van der Waals surface area contributed by atoms with Crippen LogP contribution in [0.2, 0.25) is 0 Å². The van der Waals surface area contributed by atoms with E-state index in [0.717, 1.165) is 42.8 Å². The molecule has 2 aromatic rings. The van der Waals surface area contributed by atoms with Crippen LogP contribution in [0.25, 0.3) is 0 Å². The summed E-state index contributed by atoms with van der Waals surface area (Å²) in [5, 5.41) is 7.82. The number of nitrogens with zero attached hydrogens (tertiary/aromatic N) is 3. The summed E-state index contributed by atoms with van der Waals surface area (Å²) >= 11 is 1.73. The SMILES string of the molecule is CN=C(NCCN(C)Cc1ccccc1)NCc1sc(C)nc1C.I. The van der Waals surface area contributed by atoms with Crippen molar-refractivity contribution >= 4 is 41.3 Å². The second kappa shape index (κ2) is 11.4. The Hall–Kier alpha value is -1.19. The predicted octanol–water partition coefficient (Wildman–Crippen LogP) is 3.17. The summed E-state index contributed by atoms with van der Waals surface area (Å²) in [5.41, 5.74) is 2.43. The van der Waals surface area contributed by atoms with Gasteiger partial charge in [-0.1, -0.05) is 30.3 Å². The average Bonchev–Trinajstić information content (AvgIpc) is 2.89. The number of halogens is 1. The topological polar surface area (TPSA) is 52.6 Å². The lowest BCUT2D eigenvalue weighted by Gasteiger charge is -2.18. The molecule has 25 heavy (non-hydrogen) atoms. The van der Waals surface area contributed by atoms with Gasteiger partial charge in [-0.15, -0.1) is 35.3 Å². The Morgan fingerprint density at radius 3 is 2.52 bits per heavy atom. The van der Waals surface area contributed by atoms with E-state index in [4.69, 9.17) is 0 Å². The molecule has 1 aromatic carbocycles. The third-order valence-corrected chi connectivity index (χ3v) is 4.79. The van der Waals surface area contributed by atoms with Crippen molar-refractivity contribution in [3.05, 3.63) is 51.5 Å². The highest BCUT2D eigenvalue weighted by Crippen LogP contribution is 2.16.